The van der Waals surface area contributed by atoms with Crippen molar-refractivity contribution in [2.24, 2.45) is 0 Å². The minimum Gasteiger partial charge on any atom is -0.356 e. The van der Waals surface area contributed by atoms with E-state index in [1.54, 1.807) is 0 Å². The first-order valence-electron chi connectivity index (χ1n) is 7.67. The van der Waals surface area contributed by atoms with Gasteiger partial charge in [0.2, 0.25) is 5.13 Å². The maximum atomic E-state index is 11.9. The molecule has 24 heavy (non-hydrogen) atoms. The van der Waals surface area contributed by atoms with Gasteiger partial charge in [0, 0.05) is 17.5 Å². The van der Waals surface area contributed by atoms with E-state index in [-0.39, 0.29) is 12.6 Å². The summed E-state index contributed by atoms with van der Waals surface area (Å²) in [6.45, 7) is 0.274. The second-order valence-electron chi connectivity index (χ2n) is 5.58. The molecular weight excluding hydrogens is 326 g/mol. The molecule has 3 aromatic rings. The zero-order chi connectivity index (χ0) is 16.4. The summed E-state index contributed by atoms with van der Waals surface area (Å²) in [7, 11) is 0. The van der Waals surface area contributed by atoms with E-state index < -0.39 is 0 Å². The normalized spacial score (nSPS) is 13.7. The third-order valence-corrected chi connectivity index (χ3v) is 4.64. The molecule has 8 heteroatoms. The maximum Gasteiger partial charge on any atom is 0.321 e. The van der Waals surface area contributed by atoms with Crippen LogP contribution in [0.15, 0.2) is 40.9 Å². The summed E-state index contributed by atoms with van der Waals surface area (Å²) < 4.78 is 5.30. The van der Waals surface area contributed by atoms with Gasteiger partial charge in [-0.2, -0.15) is 0 Å². The lowest BCUT2D eigenvalue weighted by Gasteiger charge is -2.01. The average molecular weight is 341 g/mol. The zero-order valence-corrected chi connectivity index (χ0v) is 13.5. The topological polar surface area (TPSA) is 92.9 Å². The summed E-state index contributed by atoms with van der Waals surface area (Å²) >= 11 is 1.43. The fourth-order valence-electron chi connectivity index (χ4n) is 2.23. The van der Waals surface area contributed by atoms with Crippen molar-refractivity contribution in [3.05, 3.63) is 47.1 Å². The Morgan fingerprint density at radius 2 is 2.08 bits per heavy atom. The summed E-state index contributed by atoms with van der Waals surface area (Å²) in [4.78, 5) is 11.9. The average Bonchev–Trinajstić information content (AvgIpc) is 3.17. The van der Waals surface area contributed by atoms with Gasteiger partial charge in [-0.15, -0.1) is 10.2 Å². The molecule has 2 aromatic heterocycles. The lowest BCUT2D eigenvalue weighted by Crippen LogP contribution is -2.28. The maximum absolute atomic E-state index is 11.9. The van der Waals surface area contributed by atoms with E-state index in [4.69, 9.17) is 4.52 Å². The molecule has 1 saturated carbocycles. The summed E-state index contributed by atoms with van der Waals surface area (Å²) in [6, 6.07) is 11.2. The minimum absolute atomic E-state index is 0.274. The Morgan fingerprint density at radius 1 is 1.25 bits per heavy atom. The lowest BCUT2D eigenvalue weighted by molar-refractivity contribution is 0.251. The summed E-state index contributed by atoms with van der Waals surface area (Å²) in [6.07, 6.45) is 2.33. The lowest BCUT2D eigenvalue weighted by atomic mass is 10.2. The largest absolute Gasteiger partial charge is 0.356 e. The number of carbonyl (C=O) groups excluding carboxylic acids is 1. The highest BCUT2D eigenvalue weighted by atomic mass is 32.1. The van der Waals surface area contributed by atoms with E-state index in [1.165, 1.54) is 11.3 Å². The van der Waals surface area contributed by atoms with Gasteiger partial charge in [-0.3, -0.25) is 5.32 Å². The van der Waals surface area contributed by atoms with Crippen molar-refractivity contribution >= 4 is 22.5 Å². The smallest absolute Gasteiger partial charge is 0.321 e. The van der Waals surface area contributed by atoms with Crippen LogP contribution in [0.2, 0.25) is 0 Å². The molecule has 0 saturated heterocycles. The molecule has 7 nitrogen and oxygen atoms in total. The Morgan fingerprint density at radius 3 is 2.88 bits per heavy atom. The van der Waals surface area contributed by atoms with Crippen molar-refractivity contribution in [3.63, 3.8) is 0 Å². The van der Waals surface area contributed by atoms with Gasteiger partial charge in [-0.1, -0.05) is 46.8 Å². The van der Waals surface area contributed by atoms with Crippen LogP contribution in [0.5, 0.6) is 0 Å². The number of aromatic nitrogens is 3. The van der Waals surface area contributed by atoms with E-state index in [9.17, 15) is 4.79 Å². The van der Waals surface area contributed by atoms with Crippen LogP contribution in [0.3, 0.4) is 0 Å². The number of rotatable bonds is 5. The van der Waals surface area contributed by atoms with E-state index >= 15 is 0 Å². The van der Waals surface area contributed by atoms with Crippen LogP contribution in [-0.2, 0) is 6.54 Å². The number of anilines is 1. The van der Waals surface area contributed by atoms with Crippen molar-refractivity contribution in [2.75, 3.05) is 5.32 Å². The van der Waals surface area contributed by atoms with Crippen LogP contribution in [0.25, 0.3) is 11.3 Å². The Labute approximate surface area is 142 Å². The predicted octanol–water partition coefficient (Wildman–Crippen LogP) is 3.39. The van der Waals surface area contributed by atoms with E-state index in [0.29, 0.717) is 22.5 Å². The van der Waals surface area contributed by atoms with Crippen LogP contribution in [-0.4, -0.2) is 21.4 Å². The van der Waals surface area contributed by atoms with Crippen molar-refractivity contribution in [1.82, 2.24) is 20.7 Å². The number of nitrogens with one attached hydrogen (secondary N) is 2. The zero-order valence-electron chi connectivity index (χ0n) is 12.7. The number of amides is 2. The number of carbonyl (C=O) groups is 1. The van der Waals surface area contributed by atoms with Gasteiger partial charge in [-0.05, 0) is 12.8 Å². The third kappa shape index (κ3) is 3.43. The van der Waals surface area contributed by atoms with Gasteiger partial charge in [0.25, 0.3) is 0 Å². The van der Waals surface area contributed by atoms with Crippen LogP contribution in [0.1, 0.15) is 29.5 Å². The molecule has 1 fully saturated rings. The van der Waals surface area contributed by atoms with Crippen molar-refractivity contribution < 1.29 is 9.32 Å². The molecule has 2 amide bonds. The quantitative estimate of drug-likeness (QED) is 0.742. The standard InChI is InChI=1S/C16H15N5O2S/c22-15(18-16-20-19-14(24-16)11-6-7-11)17-9-12-8-13(23-21-12)10-4-2-1-3-5-10/h1-5,8,11H,6-7,9H2,(H2,17,18,20,22). The molecule has 0 atom stereocenters. The summed E-state index contributed by atoms with van der Waals surface area (Å²) in [5.74, 6) is 1.21. The molecule has 1 aliphatic rings. The first-order valence-corrected chi connectivity index (χ1v) is 8.49. The molecule has 1 aliphatic carbocycles. The fourth-order valence-corrected chi connectivity index (χ4v) is 3.13. The molecular formula is C16H15N5O2S. The second kappa shape index (κ2) is 6.40. The summed E-state index contributed by atoms with van der Waals surface area (Å²) in [5.41, 5.74) is 1.60. The Hall–Kier alpha value is -2.74. The highest BCUT2D eigenvalue weighted by molar-refractivity contribution is 7.15. The monoisotopic (exact) mass is 341 g/mol. The van der Waals surface area contributed by atoms with Gasteiger partial charge in [0.05, 0.1) is 6.54 Å². The van der Waals surface area contributed by atoms with Crippen LogP contribution in [0.4, 0.5) is 9.93 Å². The van der Waals surface area contributed by atoms with Gasteiger partial charge < -0.3 is 9.84 Å². The number of urea groups is 1. The summed E-state index contributed by atoms with van der Waals surface area (Å²) in [5, 5.41) is 19.0. The number of hydrogen-bond acceptors (Lipinski definition) is 6. The predicted molar refractivity (Wildman–Crippen MR) is 89.7 cm³/mol. The van der Waals surface area contributed by atoms with Crippen LogP contribution in [0, 0.1) is 0 Å². The molecule has 122 valence electrons. The highest BCUT2D eigenvalue weighted by Crippen LogP contribution is 2.41. The van der Waals surface area contributed by atoms with E-state index in [2.05, 4.69) is 26.0 Å². The number of hydrogen-bond donors (Lipinski definition) is 2. The molecule has 0 spiro atoms. The van der Waals surface area contributed by atoms with Crippen molar-refractivity contribution in [2.45, 2.75) is 25.3 Å². The van der Waals surface area contributed by atoms with Gasteiger partial charge >= 0.3 is 6.03 Å². The van der Waals surface area contributed by atoms with Crippen LogP contribution >= 0.6 is 11.3 Å². The molecule has 1 aromatic carbocycles. The Kier molecular flexibility index (Phi) is 3.96. The molecule has 0 bridgehead atoms. The highest BCUT2D eigenvalue weighted by Gasteiger charge is 2.27. The molecule has 2 heterocycles. The SMILES string of the molecule is O=C(NCc1cc(-c2ccccc2)on1)Nc1nnc(C2CC2)s1. The second-order valence-corrected chi connectivity index (χ2v) is 6.59. The molecule has 2 N–H and O–H groups in total. The third-order valence-electron chi connectivity index (χ3n) is 3.64. The van der Waals surface area contributed by atoms with Gasteiger partial charge in [0.1, 0.15) is 10.7 Å². The fraction of sp³-hybridized carbons (Fsp3) is 0.250. The van der Waals surface area contributed by atoms with Crippen molar-refractivity contribution in [3.8, 4) is 11.3 Å². The molecule has 4 rings (SSSR count). The van der Waals surface area contributed by atoms with E-state index in [1.807, 2.05) is 36.4 Å². The first kappa shape index (κ1) is 14.8. The number of nitrogens with zero attached hydrogens (tertiary/aromatic N) is 3. The van der Waals surface area contributed by atoms with E-state index in [0.717, 1.165) is 23.4 Å². The van der Waals surface area contributed by atoms with Gasteiger partial charge in [0.15, 0.2) is 5.76 Å². The first-order chi connectivity index (χ1) is 11.8. The number of benzene rings is 1. The minimum atomic E-state index is -0.335. The molecule has 0 aliphatic heterocycles. The van der Waals surface area contributed by atoms with Crippen LogP contribution < -0.4 is 10.6 Å². The molecule has 0 radical (unpaired) electrons. The Balaban J connectivity index is 1.31. The Bertz CT molecular complexity index is 841. The molecule has 0 unspecified atom stereocenters. The van der Waals surface area contributed by atoms with Crippen molar-refractivity contribution in [1.29, 1.82) is 0 Å². The van der Waals surface area contributed by atoms with Gasteiger partial charge in [-0.25, -0.2) is 4.79 Å².